The molecule has 0 bridgehead atoms. The van der Waals surface area contributed by atoms with Gasteiger partial charge in [0.1, 0.15) is 6.54 Å². The molecular formula is C30H39N3S+2. The number of nitrogens with zero attached hydrogens (tertiary/aromatic N) is 3. The van der Waals surface area contributed by atoms with E-state index in [1.165, 1.54) is 75.6 Å². The smallest absolute Gasteiger partial charge is 0.213 e. The lowest BCUT2D eigenvalue weighted by atomic mass is 10.1. The Kier molecular flexibility index (Phi) is 8.12. The second-order valence-corrected chi connectivity index (χ2v) is 10.3. The zero-order valence-electron chi connectivity index (χ0n) is 21.2. The summed E-state index contributed by atoms with van der Waals surface area (Å²) >= 11 is 1.83. The van der Waals surface area contributed by atoms with Crippen molar-refractivity contribution in [3.05, 3.63) is 83.5 Å². The maximum absolute atomic E-state index is 2.43. The SMILES string of the molecule is CC[N+](CC)(CC)CCCC[n+]1ccc(C=CC=C2Sc3ccccc3N2C)c2ccccc21. The number of anilines is 1. The first kappa shape index (κ1) is 24.6. The van der Waals surface area contributed by atoms with Crippen LogP contribution in [0.5, 0.6) is 0 Å². The molecule has 0 atom stereocenters. The van der Waals surface area contributed by atoms with Crippen molar-refractivity contribution in [1.29, 1.82) is 0 Å². The highest BCUT2D eigenvalue weighted by molar-refractivity contribution is 8.03. The molecule has 3 nitrogen and oxygen atoms in total. The summed E-state index contributed by atoms with van der Waals surface area (Å²) < 4.78 is 3.67. The minimum absolute atomic E-state index is 1.07. The lowest BCUT2D eigenvalue weighted by Crippen LogP contribution is -2.48. The van der Waals surface area contributed by atoms with Gasteiger partial charge in [0.2, 0.25) is 5.52 Å². The second kappa shape index (κ2) is 11.2. The van der Waals surface area contributed by atoms with E-state index in [9.17, 15) is 0 Å². The predicted molar refractivity (Wildman–Crippen MR) is 148 cm³/mol. The number of hydrogen-bond acceptors (Lipinski definition) is 2. The van der Waals surface area contributed by atoms with Crippen LogP contribution in [0.3, 0.4) is 0 Å². The number of hydrogen-bond donors (Lipinski definition) is 0. The molecule has 34 heavy (non-hydrogen) atoms. The van der Waals surface area contributed by atoms with Gasteiger partial charge in [-0.25, -0.2) is 0 Å². The molecule has 0 radical (unpaired) electrons. The van der Waals surface area contributed by atoms with Crippen molar-refractivity contribution in [2.75, 3.05) is 38.1 Å². The summed E-state index contributed by atoms with van der Waals surface area (Å²) in [5.74, 6) is 0. The lowest BCUT2D eigenvalue weighted by Gasteiger charge is -2.35. The monoisotopic (exact) mass is 473 g/mol. The summed E-state index contributed by atoms with van der Waals surface area (Å²) in [6, 6.07) is 19.7. The first-order valence-corrected chi connectivity index (χ1v) is 13.6. The number of allylic oxidation sites excluding steroid dienone is 2. The third-order valence-electron chi connectivity index (χ3n) is 7.54. The van der Waals surface area contributed by atoms with Crippen molar-refractivity contribution in [1.82, 2.24) is 0 Å². The highest BCUT2D eigenvalue weighted by Gasteiger charge is 2.21. The number of benzene rings is 2. The summed E-state index contributed by atoms with van der Waals surface area (Å²) in [6.07, 6.45) is 11.4. The Morgan fingerprint density at radius 3 is 2.41 bits per heavy atom. The van der Waals surface area contributed by atoms with Gasteiger partial charge in [-0.1, -0.05) is 48.2 Å². The number of fused-ring (bicyclic) bond motifs is 2. The molecule has 1 aliphatic rings. The zero-order chi connectivity index (χ0) is 24.0. The summed E-state index contributed by atoms with van der Waals surface area (Å²) in [5.41, 5.74) is 3.87. The third-order valence-corrected chi connectivity index (χ3v) is 8.72. The van der Waals surface area contributed by atoms with E-state index in [1.54, 1.807) is 0 Å². The van der Waals surface area contributed by atoms with Crippen LogP contribution in [-0.2, 0) is 6.54 Å². The Balaban J connectivity index is 1.46. The molecule has 0 spiro atoms. The summed E-state index contributed by atoms with van der Waals surface area (Å²) in [7, 11) is 2.14. The van der Waals surface area contributed by atoms with Crippen molar-refractivity contribution in [3.63, 3.8) is 0 Å². The predicted octanol–water partition coefficient (Wildman–Crippen LogP) is 6.88. The number of para-hydroxylation sites is 2. The Bertz CT molecular complexity index is 1170. The van der Waals surface area contributed by atoms with Crippen LogP contribution in [0.4, 0.5) is 5.69 Å². The molecule has 1 aliphatic heterocycles. The number of thioether (sulfide) groups is 1. The Labute approximate surface area is 210 Å². The maximum Gasteiger partial charge on any atom is 0.213 e. The van der Waals surface area contributed by atoms with E-state index in [2.05, 4.69) is 116 Å². The molecule has 0 N–H and O–H groups in total. The molecule has 0 fully saturated rings. The lowest BCUT2D eigenvalue weighted by molar-refractivity contribution is -0.923. The molecule has 2 aromatic carbocycles. The van der Waals surface area contributed by atoms with Crippen LogP contribution >= 0.6 is 11.8 Å². The Hall–Kier alpha value is -2.56. The second-order valence-electron chi connectivity index (χ2n) is 9.20. The number of aromatic nitrogens is 1. The van der Waals surface area contributed by atoms with E-state index in [-0.39, 0.29) is 0 Å². The molecule has 0 unspecified atom stereocenters. The van der Waals surface area contributed by atoms with Gasteiger partial charge in [-0.15, -0.1) is 0 Å². The first-order valence-electron chi connectivity index (χ1n) is 12.8. The fourth-order valence-electron chi connectivity index (χ4n) is 5.02. The molecule has 178 valence electrons. The van der Waals surface area contributed by atoms with Gasteiger partial charge >= 0.3 is 0 Å². The highest BCUT2D eigenvalue weighted by atomic mass is 32.2. The fraction of sp³-hybridized carbons (Fsp3) is 0.367. The molecule has 0 amide bonds. The quantitative estimate of drug-likeness (QED) is 0.180. The van der Waals surface area contributed by atoms with Gasteiger partial charge in [0.25, 0.3) is 0 Å². The molecule has 1 aromatic heterocycles. The molecule has 2 heterocycles. The Morgan fingerprint density at radius 2 is 1.65 bits per heavy atom. The average Bonchev–Trinajstić information content (AvgIpc) is 3.21. The fourth-order valence-corrected chi connectivity index (χ4v) is 6.09. The molecule has 3 aromatic rings. The summed E-state index contributed by atoms with van der Waals surface area (Å²) in [6.45, 7) is 13.1. The standard InChI is InChI=1S/C30H39N3S/c1-5-33(6-2,7-3)24-13-12-22-32-23-21-25(26-16-8-9-17-27(26)32)15-14-20-30-31(4)28-18-10-11-19-29(28)34-30/h8-11,14-21,23H,5-7,12-13,22,24H2,1-4H3/q+2. The van der Waals surface area contributed by atoms with Crippen molar-refractivity contribution in [2.24, 2.45) is 0 Å². The molecule has 0 saturated heterocycles. The molecule has 4 rings (SSSR count). The van der Waals surface area contributed by atoms with E-state index >= 15 is 0 Å². The number of rotatable bonds is 10. The van der Waals surface area contributed by atoms with Gasteiger partial charge in [0.15, 0.2) is 6.20 Å². The first-order chi connectivity index (χ1) is 16.6. The van der Waals surface area contributed by atoms with Crippen molar-refractivity contribution >= 4 is 34.4 Å². The zero-order valence-corrected chi connectivity index (χ0v) is 22.0. The van der Waals surface area contributed by atoms with Crippen molar-refractivity contribution < 1.29 is 9.05 Å². The molecular weight excluding hydrogens is 434 g/mol. The van der Waals surface area contributed by atoms with Crippen LogP contribution in [0.1, 0.15) is 39.2 Å². The number of quaternary nitrogens is 1. The molecule has 0 aliphatic carbocycles. The minimum atomic E-state index is 1.07. The van der Waals surface area contributed by atoms with Gasteiger partial charge in [0, 0.05) is 36.9 Å². The van der Waals surface area contributed by atoms with Crippen molar-refractivity contribution in [3.8, 4) is 0 Å². The molecule has 0 saturated carbocycles. The van der Waals surface area contributed by atoms with Crippen LogP contribution in [0, 0.1) is 0 Å². The third kappa shape index (κ3) is 5.24. The maximum atomic E-state index is 2.43. The highest BCUT2D eigenvalue weighted by Crippen LogP contribution is 2.44. The van der Waals surface area contributed by atoms with E-state index in [1.807, 2.05) is 11.8 Å². The Morgan fingerprint density at radius 1 is 0.912 bits per heavy atom. The van der Waals surface area contributed by atoms with Crippen molar-refractivity contribution in [2.45, 2.75) is 45.1 Å². The van der Waals surface area contributed by atoms with E-state index in [4.69, 9.17) is 0 Å². The van der Waals surface area contributed by atoms with Crippen LogP contribution in [0.15, 0.2) is 82.9 Å². The minimum Gasteiger partial charge on any atom is -0.338 e. The van der Waals surface area contributed by atoms with Gasteiger partial charge in [0.05, 0.1) is 42.3 Å². The van der Waals surface area contributed by atoms with E-state index < -0.39 is 0 Å². The van der Waals surface area contributed by atoms with Gasteiger partial charge < -0.3 is 9.38 Å². The van der Waals surface area contributed by atoms with Gasteiger partial charge in [-0.2, -0.15) is 4.57 Å². The number of unbranched alkanes of at least 4 members (excludes halogenated alkanes) is 1. The van der Waals surface area contributed by atoms with Gasteiger partial charge in [-0.3, -0.25) is 0 Å². The van der Waals surface area contributed by atoms with E-state index in [0.717, 1.165) is 6.54 Å². The summed E-state index contributed by atoms with van der Waals surface area (Å²) in [5, 5.41) is 2.57. The topological polar surface area (TPSA) is 7.12 Å². The average molecular weight is 474 g/mol. The normalized spacial score (nSPS) is 15.1. The largest absolute Gasteiger partial charge is 0.338 e. The van der Waals surface area contributed by atoms with Crippen LogP contribution in [0.25, 0.3) is 17.0 Å². The number of aryl methyl sites for hydroxylation is 1. The van der Waals surface area contributed by atoms with Crippen LogP contribution < -0.4 is 9.47 Å². The molecule has 4 heteroatoms. The van der Waals surface area contributed by atoms with Crippen LogP contribution in [0.2, 0.25) is 0 Å². The number of pyridine rings is 1. The van der Waals surface area contributed by atoms with Gasteiger partial charge in [-0.05, 0) is 50.6 Å². The van der Waals surface area contributed by atoms with Crippen LogP contribution in [-0.4, -0.2) is 37.7 Å². The summed E-state index contributed by atoms with van der Waals surface area (Å²) in [4.78, 5) is 3.59. The van der Waals surface area contributed by atoms with E-state index in [0.29, 0.717) is 0 Å².